The lowest BCUT2D eigenvalue weighted by Crippen LogP contribution is -2.10. The zero-order valence-corrected chi connectivity index (χ0v) is 17.1. The molecule has 4 aromatic rings. The van der Waals surface area contributed by atoms with Crippen molar-refractivity contribution in [3.63, 3.8) is 0 Å². The SMILES string of the molecule is O=C(c1ccccc1)C(Sc1nnc(-c2ccccc2Br)o1)c1ccccc1. The lowest BCUT2D eigenvalue weighted by Gasteiger charge is -2.14. The van der Waals surface area contributed by atoms with E-state index in [2.05, 4.69) is 26.1 Å². The Bertz CT molecular complexity index is 1080. The first-order valence-electron chi connectivity index (χ1n) is 8.61. The second-order valence-electron chi connectivity index (χ2n) is 5.99. The Hall–Kier alpha value is -2.70. The highest BCUT2D eigenvalue weighted by Gasteiger charge is 2.26. The first-order chi connectivity index (χ1) is 13.7. The number of carbonyl (C=O) groups excluding carboxylic acids is 1. The van der Waals surface area contributed by atoms with E-state index in [4.69, 9.17) is 4.42 Å². The van der Waals surface area contributed by atoms with E-state index in [1.165, 1.54) is 11.8 Å². The van der Waals surface area contributed by atoms with E-state index >= 15 is 0 Å². The van der Waals surface area contributed by atoms with Gasteiger partial charge in [-0.2, -0.15) is 0 Å². The van der Waals surface area contributed by atoms with Gasteiger partial charge in [-0.3, -0.25) is 4.79 Å². The zero-order valence-electron chi connectivity index (χ0n) is 14.7. The molecule has 1 unspecified atom stereocenters. The van der Waals surface area contributed by atoms with Crippen molar-refractivity contribution < 1.29 is 9.21 Å². The van der Waals surface area contributed by atoms with Crippen LogP contribution in [0.2, 0.25) is 0 Å². The number of rotatable bonds is 6. The van der Waals surface area contributed by atoms with Gasteiger partial charge >= 0.3 is 0 Å². The number of ketones is 1. The quantitative estimate of drug-likeness (QED) is 0.258. The molecule has 0 aliphatic rings. The Balaban J connectivity index is 1.65. The van der Waals surface area contributed by atoms with Crippen LogP contribution in [0.3, 0.4) is 0 Å². The van der Waals surface area contributed by atoms with Gasteiger partial charge in [-0.15, -0.1) is 10.2 Å². The van der Waals surface area contributed by atoms with Gasteiger partial charge in [-0.25, -0.2) is 0 Å². The van der Waals surface area contributed by atoms with Crippen LogP contribution in [0.5, 0.6) is 0 Å². The second-order valence-corrected chi connectivity index (χ2v) is 7.90. The number of nitrogens with zero attached hydrogens (tertiary/aromatic N) is 2. The summed E-state index contributed by atoms with van der Waals surface area (Å²) in [7, 11) is 0. The minimum absolute atomic E-state index is 0.00237. The maximum absolute atomic E-state index is 13.2. The van der Waals surface area contributed by atoms with Crippen LogP contribution in [0, 0.1) is 0 Å². The van der Waals surface area contributed by atoms with E-state index in [-0.39, 0.29) is 5.78 Å². The van der Waals surface area contributed by atoms with Gasteiger partial charge < -0.3 is 4.42 Å². The van der Waals surface area contributed by atoms with E-state index in [9.17, 15) is 4.79 Å². The number of thioether (sulfide) groups is 1. The van der Waals surface area contributed by atoms with Gasteiger partial charge in [0.05, 0.1) is 5.56 Å². The summed E-state index contributed by atoms with van der Waals surface area (Å²) in [5.41, 5.74) is 2.35. The van der Waals surface area contributed by atoms with Crippen LogP contribution in [-0.2, 0) is 0 Å². The van der Waals surface area contributed by atoms with Gasteiger partial charge in [0.15, 0.2) is 5.78 Å². The smallest absolute Gasteiger partial charge is 0.277 e. The van der Waals surface area contributed by atoms with Crippen molar-refractivity contribution in [3.05, 3.63) is 101 Å². The summed E-state index contributed by atoms with van der Waals surface area (Å²) >= 11 is 4.76. The Labute approximate surface area is 175 Å². The Morgan fingerprint density at radius 3 is 2.21 bits per heavy atom. The van der Waals surface area contributed by atoms with E-state index in [0.29, 0.717) is 16.7 Å². The van der Waals surface area contributed by atoms with Gasteiger partial charge in [0.25, 0.3) is 5.22 Å². The molecule has 0 aliphatic carbocycles. The molecule has 0 N–H and O–H groups in total. The standard InChI is InChI=1S/C22H15BrN2O2S/c23-18-14-8-7-13-17(18)21-24-25-22(27-21)28-20(16-11-5-2-6-12-16)19(26)15-9-3-1-4-10-15/h1-14,20H. The minimum atomic E-state index is -0.476. The summed E-state index contributed by atoms with van der Waals surface area (Å²) in [6, 6.07) is 26.5. The number of carbonyl (C=O) groups is 1. The molecule has 0 saturated heterocycles. The van der Waals surface area contributed by atoms with Gasteiger partial charge in [-0.05, 0) is 45.4 Å². The van der Waals surface area contributed by atoms with Crippen LogP contribution in [0.1, 0.15) is 21.2 Å². The topological polar surface area (TPSA) is 56.0 Å². The van der Waals surface area contributed by atoms with Crippen LogP contribution >= 0.6 is 27.7 Å². The summed E-state index contributed by atoms with van der Waals surface area (Å²) in [6.45, 7) is 0. The average Bonchev–Trinajstić information content (AvgIpc) is 3.21. The Morgan fingerprint density at radius 1 is 0.857 bits per heavy atom. The number of hydrogen-bond acceptors (Lipinski definition) is 5. The fraction of sp³-hybridized carbons (Fsp3) is 0.0455. The maximum Gasteiger partial charge on any atom is 0.277 e. The number of aromatic nitrogens is 2. The Morgan fingerprint density at radius 2 is 1.50 bits per heavy atom. The third-order valence-electron chi connectivity index (χ3n) is 4.13. The molecule has 4 nitrogen and oxygen atoms in total. The largest absolute Gasteiger partial charge is 0.411 e. The van der Waals surface area contributed by atoms with Gasteiger partial charge in [0, 0.05) is 10.0 Å². The molecule has 4 rings (SSSR count). The van der Waals surface area contributed by atoms with Crippen LogP contribution in [-0.4, -0.2) is 16.0 Å². The highest BCUT2D eigenvalue weighted by molar-refractivity contribution is 9.10. The van der Waals surface area contributed by atoms with Crippen molar-refractivity contribution >= 4 is 33.5 Å². The highest BCUT2D eigenvalue weighted by atomic mass is 79.9. The van der Waals surface area contributed by atoms with Crippen LogP contribution in [0.25, 0.3) is 11.5 Å². The monoisotopic (exact) mass is 450 g/mol. The molecule has 0 aliphatic heterocycles. The van der Waals surface area contributed by atoms with Gasteiger partial charge in [0.2, 0.25) is 5.89 Å². The maximum atomic E-state index is 13.2. The van der Waals surface area contributed by atoms with Crippen molar-refractivity contribution in [3.8, 4) is 11.5 Å². The molecule has 138 valence electrons. The molecule has 1 aromatic heterocycles. The fourth-order valence-corrected chi connectivity index (χ4v) is 4.16. The first kappa shape index (κ1) is 18.7. The van der Waals surface area contributed by atoms with E-state index in [1.54, 1.807) is 0 Å². The molecule has 3 aromatic carbocycles. The predicted octanol–water partition coefficient (Wildman–Crippen LogP) is 6.22. The van der Waals surface area contributed by atoms with E-state index in [1.807, 2.05) is 84.9 Å². The number of halogens is 1. The fourth-order valence-electron chi connectivity index (χ4n) is 2.76. The molecule has 0 bridgehead atoms. The van der Waals surface area contributed by atoms with E-state index in [0.717, 1.165) is 15.6 Å². The van der Waals surface area contributed by atoms with E-state index < -0.39 is 5.25 Å². The average molecular weight is 451 g/mol. The molecule has 0 spiro atoms. The molecule has 0 fully saturated rings. The normalized spacial score (nSPS) is 11.9. The third kappa shape index (κ3) is 4.08. The Kier molecular flexibility index (Phi) is 5.69. The summed E-state index contributed by atoms with van der Waals surface area (Å²) in [6.07, 6.45) is 0. The molecular formula is C22H15BrN2O2S. The molecule has 0 saturated carbocycles. The van der Waals surface area contributed by atoms with Crippen molar-refractivity contribution in [1.82, 2.24) is 10.2 Å². The van der Waals surface area contributed by atoms with Crippen molar-refractivity contribution in [2.75, 3.05) is 0 Å². The number of hydrogen-bond donors (Lipinski definition) is 0. The summed E-state index contributed by atoms with van der Waals surface area (Å²) in [5.74, 6) is 0.409. The molecule has 0 amide bonds. The van der Waals surface area contributed by atoms with Crippen LogP contribution in [0.15, 0.2) is 99.0 Å². The molecule has 6 heteroatoms. The van der Waals surface area contributed by atoms with Gasteiger partial charge in [-0.1, -0.05) is 72.8 Å². The number of benzene rings is 3. The third-order valence-corrected chi connectivity index (χ3v) is 5.91. The van der Waals surface area contributed by atoms with Crippen LogP contribution in [0.4, 0.5) is 0 Å². The van der Waals surface area contributed by atoms with Crippen molar-refractivity contribution in [1.29, 1.82) is 0 Å². The predicted molar refractivity (Wildman–Crippen MR) is 113 cm³/mol. The lowest BCUT2D eigenvalue weighted by molar-refractivity contribution is 0.0989. The van der Waals surface area contributed by atoms with Crippen LogP contribution < -0.4 is 0 Å². The second kappa shape index (κ2) is 8.54. The lowest BCUT2D eigenvalue weighted by atomic mass is 10.0. The molecule has 28 heavy (non-hydrogen) atoms. The molecule has 1 heterocycles. The first-order valence-corrected chi connectivity index (χ1v) is 10.3. The number of Topliss-reactive ketones (excluding diaryl/α,β-unsaturated/α-hetero) is 1. The summed E-state index contributed by atoms with van der Waals surface area (Å²) < 4.78 is 6.72. The highest BCUT2D eigenvalue weighted by Crippen LogP contribution is 2.38. The summed E-state index contributed by atoms with van der Waals surface area (Å²) in [4.78, 5) is 13.2. The minimum Gasteiger partial charge on any atom is -0.411 e. The van der Waals surface area contributed by atoms with Crippen molar-refractivity contribution in [2.45, 2.75) is 10.5 Å². The molecule has 1 atom stereocenters. The summed E-state index contributed by atoms with van der Waals surface area (Å²) in [5, 5.41) is 8.17. The van der Waals surface area contributed by atoms with Gasteiger partial charge in [0.1, 0.15) is 5.25 Å². The van der Waals surface area contributed by atoms with Crippen molar-refractivity contribution in [2.24, 2.45) is 0 Å². The molecule has 0 radical (unpaired) electrons. The zero-order chi connectivity index (χ0) is 19.3. The molecular weight excluding hydrogens is 436 g/mol.